The van der Waals surface area contributed by atoms with E-state index in [1.165, 1.54) is 25.7 Å². The quantitative estimate of drug-likeness (QED) is 0.753. The lowest BCUT2D eigenvalue weighted by Gasteiger charge is -2.30. The maximum absolute atomic E-state index is 12.3. The fraction of sp³-hybridized carbons (Fsp3) is 0.882. The van der Waals surface area contributed by atoms with Crippen LogP contribution in [0.3, 0.4) is 0 Å². The highest BCUT2D eigenvalue weighted by molar-refractivity contribution is 5.80. The molecule has 1 amide bonds. The molecule has 3 aliphatic rings. The number of carboxylic acid groups (broad SMARTS) is 1. The number of nitrogens with one attached hydrogen (secondary N) is 1. The Hall–Kier alpha value is -1.10. The number of rotatable bonds is 7. The van der Waals surface area contributed by atoms with Gasteiger partial charge in [-0.2, -0.15) is 0 Å². The van der Waals surface area contributed by atoms with Crippen molar-refractivity contribution in [1.82, 2.24) is 10.2 Å². The zero-order chi connectivity index (χ0) is 15.9. The standard InChI is InChI=1S/C17H28N2O3/c1-10(15-8-12-3-4-13(15)7-12)18-16(20)9-19(14-5-6-14)11(2)17(21)22/h10-15H,3-9H2,1-2H3,(H,18,20)(H,21,22). The number of carbonyl (C=O) groups is 2. The molecule has 0 saturated heterocycles. The third-order valence-electron chi connectivity index (χ3n) is 6.02. The number of amides is 1. The monoisotopic (exact) mass is 308 g/mol. The number of hydrogen-bond donors (Lipinski definition) is 2. The number of nitrogens with zero attached hydrogens (tertiary/aromatic N) is 1. The molecule has 3 fully saturated rings. The van der Waals surface area contributed by atoms with Crippen LogP contribution in [0, 0.1) is 17.8 Å². The molecule has 0 aromatic heterocycles. The molecular formula is C17H28N2O3. The Morgan fingerprint density at radius 2 is 1.91 bits per heavy atom. The largest absolute Gasteiger partial charge is 0.480 e. The van der Waals surface area contributed by atoms with Gasteiger partial charge in [0.15, 0.2) is 0 Å². The Bertz CT molecular complexity index is 449. The first-order valence-corrected chi connectivity index (χ1v) is 8.73. The van der Waals surface area contributed by atoms with Crippen molar-refractivity contribution in [2.75, 3.05) is 6.54 Å². The van der Waals surface area contributed by atoms with Gasteiger partial charge in [0, 0.05) is 12.1 Å². The van der Waals surface area contributed by atoms with E-state index in [0.29, 0.717) is 5.92 Å². The number of carboxylic acids is 1. The fourth-order valence-electron chi connectivity index (χ4n) is 4.61. The number of aliphatic carboxylic acids is 1. The zero-order valence-corrected chi connectivity index (χ0v) is 13.6. The molecule has 5 unspecified atom stereocenters. The first-order chi connectivity index (χ1) is 10.5. The molecule has 3 rings (SSSR count). The summed E-state index contributed by atoms with van der Waals surface area (Å²) in [5.74, 6) is 1.42. The zero-order valence-electron chi connectivity index (χ0n) is 13.6. The van der Waals surface area contributed by atoms with E-state index in [1.807, 2.05) is 4.90 Å². The van der Waals surface area contributed by atoms with Gasteiger partial charge in [-0.05, 0) is 63.7 Å². The van der Waals surface area contributed by atoms with Crippen molar-refractivity contribution in [3.05, 3.63) is 0 Å². The van der Waals surface area contributed by atoms with E-state index in [2.05, 4.69) is 12.2 Å². The third kappa shape index (κ3) is 3.29. The highest BCUT2D eigenvalue weighted by Gasteiger charge is 2.42. The van der Waals surface area contributed by atoms with E-state index < -0.39 is 12.0 Å². The van der Waals surface area contributed by atoms with E-state index in [0.717, 1.165) is 24.7 Å². The normalized spacial score (nSPS) is 33.0. The Labute approximate surface area is 132 Å². The maximum atomic E-state index is 12.3. The maximum Gasteiger partial charge on any atom is 0.320 e. The summed E-state index contributed by atoms with van der Waals surface area (Å²) in [6.45, 7) is 4.00. The molecule has 5 atom stereocenters. The summed E-state index contributed by atoms with van der Waals surface area (Å²) in [4.78, 5) is 25.4. The van der Waals surface area contributed by atoms with Crippen molar-refractivity contribution in [2.45, 2.75) is 70.5 Å². The summed E-state index contributed by atoms with van der Waals surface area (Å²) < 4.78 is 0. The second kappa shape index (κ2) is 6.19. The minimum Gasteiger partial charge on any atom is -0.480 e. The van der Waals surface area contributed by atoms with Crippen molar-refractivity contribution in [2.24, 2.45) is 17.8 Å². The number of hydrogen-bond acceptors (Lipinski definition) is 3. The van der Waals surface area contributed by atoms with Crippen LogP contribution in [0.2, 0.25) is 0 Å². The molecule has 2 N–H and O–H groups in total. The van der Waals surface area contributed by atoms with Gasteiger partial charge in [-0.15, -0.1) is 0 Å². The summed E-state index contributed by atoms with van der Waals surface area (Å²) in [6, 6.07) is -0.102. The molecule has 5 nitrogen and oxygen atoms in total. The van der Waals surface area contributed by atoms with Crippen molar-refractivity contribution in [1.29, 1.82) is 0 Å². The second-order valence-corrected chi connectivity index (χ2v) is 7.61. The van der Waals surface area contributed by atoms with Crippen molar-refractivity contribution < 1.29 is 14.7 Å². The van der Waals surface area contributed by atoms with Crippen LogP contribution < -0.4 is 5.32 Å². The van der Waals surface area contributed by atoms with E-state index >= 15 is 0 Å². The Balaban J connectivity index is 1.51. The molecule has 0 aliphatic heterocycles. The first kappa shape index (κ1) is 15.8. The van der Waals surface area contributed by atoms with Crippen molar-refractivity contribution >= 4 is 11.9 Å². The summed E-state index contributed by atoms with van der Waals surface area (Å²) in [7, 11) is 0. The lowest BCUT2D eigenvalue weighted by atomic mass is 9.84. The summed E-state index contributed by atoms with van der Waals surface area (Å²) in [6.07, 6.45) is 7.30. The van der Waals surface area contributed by atoms with Crippen molar-refractivity contribution in [3.8, 4) is 0 Å². The van der Waals surface area contributed by atoms with Gasteiger partial charge in [0.05, 0.1) is 6.54 Å². The summed E-state index contributed by atoms with van der Waals surface area (Å²) in [5.41, 5.74) is 0. The van der Waals surface area contributed by atoms with E-state index in [1.54, 1.807) is 6.92 Å². The second-order valence-electron chi connectivity index (χ2n) is 7.61. The van der Waals surface area contributed by atoms with Gasteiger partial charge in [-0.3, -0.25) is 14.5 Å². The minimum atomic E-state index is -0.846. The summed E-state index contributed by atoms with van der Waals surface area (Å²) >= 11 is 0. The van der Waals surface area contributed by atoms with Crippen molar-refractivity contribution in [3.63, 3.8) is 0 Å². The van der Waals surface area contributed by atoms with Crippen LogP contribution in [0.1, 0.15) is 52.4 Å². The average Bonchev–Trinajstić information content (AvgIpc) is 3.09. The Kier molecular flexibility index (Phi) is 4.44. The van der Waals surface area contributed by atoms with Crippen LogP contribution >= 0.6 is 0 Å². The van der Waals surface area contributed by atoms with Crippen LogP contribution in [-0.2, 0) is 9.59 Å². The molecule has 0 aromatic carbocycles. The van der Waals surface area contributed by atoms with Gasteiger partial charge in [0.25, 0.3) is 0 Å². The number of fused-ring (bicyclic) bond motifs is 2. The Morgan fingerprint density at radius 3 is 2.41 bits per heavy atom. The Morgan fingerprint density at radius 1 is 1.18 bits per heavy atom. The minimum absolute atomic E-state index is 0.0183. The van der Waals surface area contributed by atoms with Crippen LogP contribution in [0.25, 0.3) is 0 Å². The lowest BCUT2D eigenvalue weighted by molar-refractivity contribution is -0.143. The van der Waals surface area contributed by atoms with Gasteiger partial charge in [-0.25, -0.2) is 0 Å². The van der Waals surface area contributed by atoms with E-state index in [9.17, 15) is 14.7 Å². The van der Waals surface area contributed by atoms with E-state index in [-0.39, 0.29) is 24.5 Å². The molecule has 124 valence electrons. The average molecular weight is 308 g/mol. The molecule has 2 bridgehead atoms. The van der Waals surface area contributed by atoms with Crippen LogP contribution in [0.5, 0.6) is 0 Å². The molecule has 0 aromatic rings. The van der Waals surface area contributed by atoms with Gasteiger partial charge >= 0.3 is 5.97 Å². The van der Waals surface area contributed by atoms with Gasteiger partial charge in [-0.1, -0.05) is 6.42 Å². The first-order valence-electron chi connectivity index (χ1n) is 8.73. The highest BCUT2D eigenvalue weighted by atomic mass is 16.4. The van der Waals surface area contributed by atoms with Gasteiger partial charge in [0.1, 0.15) is 6.04 Å². The predicted octanol–water partition coefficient (Wildman–Crippen LogP) is 1.86. The SMILES string of the molecule is CC(NC(=O)CN(C1CC1)C(C)C(=O)O)C1CC2CCC1C2. The molecule has 3 aliphatic carbocycles. The van der Waals surface area contributed by atoms with Crippen LogP contribution in [-0.4, -0.2) is 46.6 Å². The predicted molar refractivity (Wildman–Crippen MR) is 83.4 cm³/mol. The topological polar surface area (TPSA) is 69.6 Å². The molecule has 0 radical (unpaired) electrons. The lowest BCUT2D eigenvalue weighted by Crippen LogP contribution is -2.49. The van der Waals surface area contributed by atoms with Crippen LogP contribution in [0.4, 0.5) is 0 Å². The van der Waals surface area contributed by atoms with E-state index in [4.69, 9.17) is 0 Å². The third-order valence-corrected chi connectivity index (χ3v) is 6.02. The van der Waals surface area contributed by atoms with Gasteiger partial charge < -0.3 is 10.4 Å². The molecule has 0 heterocycles. The molecule has 0 spiro atoms. The number of carbonyl (C=O) groups excluding carboxylic acids is 1. The molecule has 22 heavy (non-hydrogen) atoms. The smallest absolute Gasteiger partial charge is 0.320 e. The summed E-state index contributed by atoms with van der Waals surface area (Å²) in [5, 5.41) is 12.3. The molecule has 3 saturated carbocycles. The molecule has 5 heteroatoms. The highest BCUT2D eigenvalue weighted by Crippen LogP contribution is 2.49. The fourth-order valence-corrected chi connectivity index (χ4v) is 4.61. The van der Waals surface area contributed by atoms with Gasteiger partial charge in [0.2, 0.25) is 5.91 Å². The molecular weight excluding hydrogens is 280 g/mol. The van der Waals surface area contributed by atoms with Crippen LogP contribution in [0.15, 0.2) is 0 Å².